The van der Waals surface area contributed by atoms with Gasteiger partial charge in [-0.25, -0.2) is 4.79 Å². The average Bonchev–Trinajstić information content (AvgIpc) is 2.84. The third-order valence-corrected chi connectivity index (χ3v) is 3.13. The van der Waals surface area contributed by atoms with E-state index in [4.69, 9.17) is 15.3 Å². The summed E-state index contributed by atoms with van der Waals surface area (Å²) in [4.78, 5) is 24.7. The average molecular weight is 295 g/mol. The van der Waals surface area contributed by atoms with E-state index in [0.717, 1.165) is 0 Å². The molecule has 0 aliphatic carbocycles. The molecule has 0 aliphatic heterocycles. The first-order valence-electron chi connectivity index (χ1n) is 5.59. The smallest absolute Gasteiger partial charge is 0.371 e. The van der Waals surface area contributed by atoms with Gasteiger partial charge in [-0.15, -0.1) is 0 Å². The molecule has 0 saturated carbocycles. The van der Waals surface area contributed by atoms with Gasteiger partial charge in [0, 0.05) is 14.1 Å². The van der Waals surface area contributed by atoms with E-state index < -0.39 is 5.97 Å². The number of carbonyl (C=O) groups is 1. The first-order valence-corrected chi connectivity index (χ1v) is 6.58. The van der Waals surface area contributed by atoms with Crippen LogP contribution in [0.25, 0.3) is 0 Å². The molecule has 0 saturated heterocycles. The van der Waals surface area contributed by atoms with Crippen LogP contribution in [0.2, 0.25) is 0 Å². The maximum Gasteiger partial charge on any atom is 0.371 e. The normalized spacial score (nSPS) is 10.5. The summed E-state index contributed by atoms with van der Waals surface area (Å²) in [6.07, 6.45) is 0. The minimum atomic E-state index is -1.10. The third-order valence-electron chi connectivity index (χ3n) is 2.22. The van der Waals surface area contributed by atoms with Crippen molar-refractivity contribution in [2.75, 3.05) is 24.7 Å². The number of nitrogens with zero attached hydrogens (tertiary/aromatic N) is 4. The van der Waals surface area contributed by atoms with Gasteiger partial charge in [0.25, 0.3) is 0 Å². The van der Waals surface area contributed by atoms with Gasteiger partial charge in [-0.3, -0.25) is 0 Å². The molecule has 8 nitrogen and oxygen atoms in total. The molecule has 0 amide bonds. The molecule has 0 bridgehead atoms. The Kier molecular flexibility index (Phi) is 4.08. The standard InChI is InChI=1S/C11H13N5O3S/c1-16(2)11-14-7(13-10(12)15-11)5-20-8-4-3-6(19-8)9(17)18/h3-4H,5H2,1-2H3,(H,17,18)(H2,12,13,14,15). The number of aromatic nitrogens is 3. The van der Waals surface area contributed by atoms with E-state index in [0.29, 0.717) is 22.6 Å². The van der Waals surface area contributed by atoms with Gasteiger partial charge in [0.05, 0.1) is 5.75 Å². The molecule has 0 atom stereocenters. The molecule has 0 radical (unpaired) electrons. The van der Waals surface area contributed by atoms with Crippen molar-refractivity contribution in [2.45, 2.75) is 10.8 Å². The Morgan fingerprint density at radius 3 is 2.75 bits per heavy atom. The maximum atomic E-state index is 10.7. The summed E-state index contributed by atoms with van der Waals surface area (Å²) in [5, 5.41) is 9.24. The van der Waals surface area contributed by atoms with Crippen LogP contribution in [0.5, 0.6) is 0 Å². The minimum Gasteiger partial charge on any atom is -0.475 e. The van der Waals surface area contributed by atoms with Crippen molar-refractivity contribution < 1.29 is 14.3 Å². The molecule has 0 aromatic carbocycles. The number of furan rings is 1. The minimum absolute atomic E-state index is 0.100. The van der Waals surface area contributed by atoms with Gasteiger partial charge in [-0.1, -0.05) is 11.8 Å². The van der Waals surface area contributed by atoms with Crippen LogP contribution in [0.4, 0.5) is 11.9 Å². The van der Waals surface area contributed by atoms with Gasteiger partial charge in [0.2, 0.25) is 17.7 Å². The van der Waals surface area contributed by atoms with Crippen LogP contribution in [-0.4, -0.2) is 40.1 Å². The number of anilines is 2. The predicted molar refractivity (Wildman–Crippen MR) is 73.8 cm³/mol. The molecular weight excluding hydrogens is 282 g/mol. The fraction of sp³-hybridized carbons (Fsp3) is 0.273. The van der Waals surface area contributed by atoms with Crippen LogP contribution in [-0.2, 0) is 5.75 Å². The van der Waals surface area contributed by atoms with Gasteiger partial charge in [0.15, 0.2) is 5.09 Å². The van der Waals surface area contributed by atoms with Crippen molar-refractivity contribution in [3.8, 4) is 0 Å². The van der Waals surface area contributed by atoms with Crippen LogP contribution in [0.15, 0.2) is 21.6 Å². The number of thioether (sulfide) groups is 1. The van der Waals surface area contributed by atoms with Crippen molar-refractivity contribution in [2.24, 2.45) is 0 Å². The Bertz CT molecular complexity index is 628. The lowest BCUT2D eigenvalue weighted by Crippen LogP contribution is -2.15. The lowest BCUT2D eigenvalue weighted by molar-refractivity contribution is 0.0656. The first-order chi connectivity index (χ1) is 9.45. The quantitative estimate of drug-likeness (QED) is 0.781. The molecule has 0 spiro atoms. The molecule has 0 aliphatic rings. The van der Waals surface area contributed by atoms with Gasteiger partial charge < -0.3 is 20.2 Å². The summed E-state index contributed by atoms with van der Waals surface area (Å²) in [6, 6.07) is 2.99. The summed E-state index contributed by atoms with van der Waals surface area (Å²) in [6.45, 7) is 0. The summed E-state index contributed by atoms with van der Waals surface area (Å²) < 4.78 is 5.13. The monoisotopic (exact) mass is 295 g/mol. The number of carboxylic acid groups (broad SMARTS) is 1. The Morgan fingerprint density at radius 1 is 1.40 bits per heavy atom. The second-order valence-electron chi connectivity index (χ2n) is 4.02. The number of nitrogens with two attached hydrogens (primary N) is 1. The summed E-state index contributed by atoms with van der Waals surface area (Å²) in [5.41, 5.74) is 5.61. The molecule has 2 rings (SSSR count). The summed E-state index contributed by atoms with van der Waals surface area (Å²) in [7, 11) is 3.61. The van der Waals surface area contributed by atoms with Crippen molar-refractivity contribution in [1.82, 2.24) is 15.0 Å². The second kappa shape index (κ2) is 5.78. The zero-order valence-electron chi connectivity index (χ0n) is 10.9. The number of nitrogen functional groups attached to an aromatic ring is 1. The number of hydrogen-bond acceptors (Lipinski definition) is 8. The fourth-order valence-corrected chi connectivity index (χ4v) is 2.05. The van der Waals surface area contributed by atoms with E-state index >= 15 is 0 Å². The molecule has 2 aromatic rings. The zero-order chi connectivity index (χ0) is 14.7. The van der Waals surface area contributed by atoms with Crippen LogP contribution >= 0.6 is 11.8 Å². The van der Waals surface area contributed by atoms with E-state index in [-0.39, 0.29) is 11.7 Å². The molecule has 3 N–H and O–H groups in total. The van der Waals surface area contributed by atoms with Gasteiger partial charge in [-0.2, -0.15) is 15.0 Å². The van der Waals surface area contributed by atoms with E-state index in [1.54, 1.807) is 25.1 Å². The highest BCUT2D eigenvalue weighted by molar-refractivity contribution is 7.98. The molecule has 20 heavy (non-hydrogen) atoms. The van der Waals surface area contributed by atoms with Gasteiger partial charge in [-0.05, 0) is 12.1 Å². The highest BCUT2D eigenvalue weighted by atomic mass is 32.2. The van der Waals surface area contributed by atoms with Gasteiger partial charge in [0.1, 0.15) is 5.82 Å². The predicted octanol–water partition coefficient (Wildman–Crippen LogP) is 1.10. The maximum absolute atomic E-state index is 10.7. The van der Waals surface area contributed by atoms with Gasteiger partial charge >= 0.3 is 5.97 Å². The van der Waals surface area contributed by atoms with Crippen LogP contribution in [0, 0.1) is 0 Å². The Morgan fingerprint density at radius 2 is 2.15 bits per heavy atom. The number of carboxylic acids is 1. The van der Waals surface area contributed by atoms with E-state index in [2.05, 4.69) is 15.0 Å². The van der Waals surface area contributed by atoms with Crippen molar-refractivity contribution in [3.63, 3.8) is 0 Å². The highest BCUT2D eigenvalue weighted by Gasteiger charge is 2.11. The van der Waals surface area contributed by atoms with Crippen LogP contribution in [0.3, 0.4) is 0 Å². The zero-order valence-corrected chi connectivity index (χ0v) is 11.7. The Labute approximate surface area is 119 Å². The molecule has 0 fully saturated rings. The van der Waals surface area contributed by atoms with Crippen LogP contribution < -0.4 is 10.6 Å². The number of aromatic carboxylic acids is 1. The Balaban J connectivity index is 2.08. The van der Waals surface area contributed by atoms with Crippen LogP contribution in [0.1, 0.15) is 16.4 Å². The van der Waals surface area contributed by atoms with E-state index in [1.165, 1.54) is 17.8 Å². The van der Waals surface area contributed by atoms with E-state index in [1.807, 2.05) is 0 Å². The molecule has 0 unspecified atom stereocenters. The largest absolute Gasteiger partial charge is 0.475 e. The third kappa shape index (κ3) is 3.38. The topological polar surface area (TPSA) is 118 Å². The SMILES string of the molecule is CN(C)c1nc(N)nc(CSc2ccc(C(=O)O)o2)n1. The van der Waals surface area contributed by atoms with Crippen molar-refractivity contribution >= 4 is 29.6 Å². The van der Waals surface area contributed by atoms with Crippen molar-refractivity contribution in [3.05, 3.63) is 23.7 Å². The summed E-state index contributed by atoms with van der Waals surface area (Å²) in [5.74, 6) is 0.316. The first kappa shape index (κ1) is 14.1. The van der Waals surface area contributed by atoms with E-state index in [9.17, 15) is 4.79 Å². The molecule has 9 heteroatoms. The number of rotatable bonds is 5. The second-order valence-corrected chi connectivity index (χ2v) is 5.00. The lowest BCUT2D eigenvalue weighted by Gasteiger charge is -2.10. The Hall–Kier alpha value is -2.29. The van der Waals surface area contributed by atoms with Crippen molar-refractivity contribution in [1.29, 1.82) is 0 Å². The lowest BCUT2D eigenvalue weighted by atomic mass is 10.5. The summed E-state index contributed by atoms with van der Waals surface area (Å²) >= 11 is 1.28. The molecule has 2 aromatic heterocycles. The molecule has 106 valence electrons. The fourth-order valence-electron chi connectivity index (χ4n) is 1.34. The number of hydrogen-bond donors (Lipinski definition) is 2. The molecule has 2 heterocycles. The molecular formula is C11H13N5O3S. The highest BCUT2D eigenvalue weighted by Crippen LogP contribution is 2.24.